The van der Waals surface area contributed by atoms with Crippen molar-refractivity contribution in [3.63, 3.8) is 0 Å². The fourth-order valence-electron chi connectivity index (χ4n) is 4.45. The Kier molecular flexibility index (Phi) is 8.08. The van der Waals surface area contributed by atoms with Crippen molar-refractivity contribution in [2.24, 2.45) is 0 Å². The van der Waals surface area contributed by atoms with Crippen LogP contribution in [0.4, 0.5) is 0 Å². The minimum Gasteiger partial charge on any atom is -0.507 e. The Morgan fingerprint density at radius 3 is 2.62 bits per heavy atom. The summed E-state index contributed by atoms with van der Waals surface area (Å²) in [5, 5.41) is 42.7. The number of ether oxygens (including phenoxy) is 3. The maximum absolute atomic E-state index is 13.2. The van der Waals surface area contributed by atoms with E-state index in [1.807, 2.05) is 24.3 Å². The van der Waals surface area contributed by atoms with E-state index >= 15 is 0 Å². The molecule has 1 aliphatic heterocycles. The monoisotopic (exact) mass is 549 g/mol. The van der Waals surface area contributed by atoms with Gasteiger partial charge in [-0.2, -0.15) is 0 Å². The second-order valence-electron chi connectivity index (χ2n) is 9.34. The highest BCUT2D eigenvalue weighted by Crippen LogP contribution is 2.33. The van der Waals surface area contributed by atoms with Gasteiger partial charge in [0.25, 0.3) is 0 Å². The number of rotatable bonds is 9. The average molecular weight is 550 g/mol. The molecule has 0 amide bonds. The molecule has 11 heteroatoms. The molecular formula is C29H27NO10. The molecule has 0 bridgehead atoms. The molecule has 2 aromatic carbocycles. The lowest BCUT2D eigenvalue weighted by Crippen LogP contribution is -2.60. The summed E-state index contributed by atoms with van der Waals surface area (Å²) in [6, 6.07) is 14.6. The zero-order chi connectivity index (χ0) is 28.2. The first-order chi connectivity index (χ1) is 19.3. The topological polar surface area (TPSA) is 169 Å². The van der Waals surface area contributed by atoms with Crippen LogP contribution in [0, 0.1) is 0 Å². The lowest BCUT2D eigenvalue weighted by atomic mass is 9.98. The quantitative estimate of drug-likeness (QED) is 0.179. The number of esters is 1. The van der Waals surface area contributed by atoms with Gasteiger partial charge in [-0.25, -0.2) is 4.79 Å². The van der Waals surface area contributed by atoms with Crippen LogP contribution < -0.4 is 4.74 Å². The normalized spacial score (nSPS) is 22.6. The maximum Gasteiger partial charge on any atom is 0.339 e. The van der Waals surface area contributed by atoms with Crippen molar-refractivity contribution in [3.05, 3.63) is 89.9 Å². The van der Waals surface area contributed by atoms with Gasteiger partial charge in [-0.15, -0.1) is 0 Å². The zero-order valence-electron chi connectivity index (χ0n) is 21.1. The number of aromatic nitrogens is 1. The van der Waals surface area contributed by atoms with E-state index in [0.717, 1.165) is 16.5 Å². The van der Waals surface area contributed by atoms with Crippen LogP contribution >= 0.6 is 0 Å². The molecule has 1 fully saturated rings. The number of aliphatic hydroxyl groups excluding tert-OH is 3. The summed E-state index contributed by atoms with van der Waals surface area (Å²) in [7, 11) is 0. The number of aliphatic hydroxyl groups is 3. The number of phenolic OH excluding ortho intramolecular Hbond substituents is 1. The molecule has 0 unspecified atom stereocenters. The van der Waals surface area contributed by atoms with Crippen LogP contribution in [0.5, 0.6) is 11.5 Å². The Morgan fingerprint density at radius 2 is 1.82 bits per heavy atom. The lowest BCUT2D eigenvalue weighted by Gasteiger charge is -2.40. The summed E-state index contributed by atoms with van der Waals surface area (Å²) >= 11 is 0. The van der Waals surface area contributed by atoms with Gasteiger partial charge in [0.15, 0.2) is 5.78 Å². The summed E-state index contributed by atoms with van der Waals surface area (Å²) in [4.78, 5) is 29.3. The number of Topliss-reactive ketones (excluding diaryl/α,β-unsaturated/α-hetero) is 1. The van der Waals surface area contributed by atoms with Crippen LogP contribution in [0.3, 0.4) is 0 Å². The van der Waals surface area contributed by atoms with Crippen molar-refractivity contribution in [1.29, 1.82) is 0 Å². The number of carbonyl (C=O) groups is 2. The van der Waals surface area contributed by atoms with Gasteiger partial charge in [0.1, 0.15) is 53.7 Å². The van der Waals surface area contributed by atoms with E-state index < -0.39 is 49.1 Å². The van der Waals surface area contributed by atoms with Crippen molar-refractivity contribution in [1.82, 2.24) is 4.98 Å². The number of hydrogen-bond donors (Lipinski definition) is 4. The molecule has 1 aliphatic rings. The second kappa shape index (κ2) is 11.8. The highest BCUT2D eigenvalue weighted by atomic mass is 16.7. The third-order valence-electron chi connectivity index (χ3n) is 6.63. The number of pyridine rings is 1. The smallest absolute Gasteiger partial charge is 0.339 e. The summed E-state index contributed by atoms with van der Waals surface area (Å²) in [5.74, 6) is -1.57. The van der Waals surface area contributed by atoms with Crippen LogP contribution in [0.25, 0.3) is 11.0 Å². The third-order valence-corrected chi connectivity index (χ3v) is 6.63. The Hall–Kier alpha value is -4.29. The van der Waals surface area contributed by atoms with E-state index in [4.69, 9.17) is 18.6 Å². The molecule has 0 saturated carbocycles. The first kappa shape index (κ1) is 27.3. The molecular weight excluding hydrogens is 522 g/mol. The predicted octanol–water partition coefficient (Wildman–Crippen LogP) is 2.39. The molecule has 208 valence electrons. The van der Waals surface area contributed by atoms with E-state index in [9.17, 15) is 30.0 Å². The van der Waals surface area contributed by atoms with Crippen LogP contribution in [-0.2, 0) is 15.9 Å². The van der Waals surface area contributed by atoms with Crippen LogP contribution in [0.15, 0.2) is 77.7 Å². The van der Waals surface area contributed by atoms with Crippen LogP contribution in [0.1, 0.15) is 32.7 Å². The number of carbonyl (C=O) groups excluding carboxylic acids is 2. The molecule has 0 radical (unpaired) electrons. The minimum atomic E-state index is -1.72. The number of ketones is 1. The zero-order valence-corrected chi connectivity index (χ0v) is 21.1. The molecule has 4 N–H and O–H groups in total. The number of nitrogens with zero attached hydrogens (tertiary/aromatic N) is 1. The molecule has 5 atom stereocenters. The van der Waals surface area contributed by atoms with Gasteiger partial charge in [0.2, 0.25) is 6.29 Å². The van der Waals surface area contributed by atoms with E-state index in [1.165, 1.54) is 36.7 Å². The van der Waals surface area contributed by atoms with Gasteiger partial charge in [-0.05, 0) is 54.4 Å². The number of benzene rings is 2. The summed E-state index contributed by atoms with van der Waals surface area (Å²) in [6.07, 6.45) is -3.05. The molecule has 1 saturated heterocycles. The first-order valence-electron chi connectivity index (χ1n) is 12.6. The Balaban J connectivity index is 1.28. The number of aryl methyl sites for hydroxylation is 1. The van der Waals surface area contributed by atoms with Crippen LogP contribution in [0.2, 0.25) is 0 Å². The molecule has 4 aromatic rings. The number of furan rings is 1. The molecule has 0 spiro atoms. The second-order valence-corrected chi connectivity index (χ2v) is 9.34. The Bertz CT molecular complexity index is 1490. The molecule has 11 nitrogen and oxygen atoms in total. The van der Waals surface area contributed by atoms with E-state index in [0.29, 0.717) is 6.42 Å². The molecule has 0 aliphatic carbocycles. The third kappa shape index (κ3) is 5.82. The summed E-state index contributed by atoms with van der Waals surface area (Å²) in [6.45, 7) is -0.467. The number of fused-ring (bicyclic) bond motifs is 1. The minimum absolute atomic E-state index is 0.0413. The maximum atomic E-state index is 13.2. The molecule has 5 rings (SSSR count). The van der Waals surface area contributed by atoms with Gasteiger partial charge in [-0.1, -0.05) is 12.1 Å². The fraction of sp³-hybridized carbons (Fsp3) is 0.276. The number of hydrogen-bond acceptors (Lipinski definition) is 11. The molecule has 2 aromatic heterocycles. The van der Waals surface area contributed by atoms with E-state index in [2.05, 4.69) is 4.98 Å². The molecule has 3 heterocycles. The SMILES string of the molecule is O=C(OC[C@H]1O[C@@H](Oc2cccc(O)c2C(=O)CCc2ccc3occc3c2)[C@H](O)[C@@H](O)[C@@H]1O)c1cccnc1. The van der Waals surface area contributed by atoms with Crippen LogP contribution in [-0.4, -0.2) is 74.5 Å². The van der Waals surface area contributed by atoms with Crippen molar-refractivity contribution in [3.8, 4) is 11.5 Å². The van der Waals surface area contributed by atoms with Gasteiger partial charge in [0, 0.05) is 24.2 Å². The largest absolute Gasteiger partial charge is 0.507 e. The number of aromatic hydroxyl groups is 1. The highest BCUT2D eigenvalue weighted by molar-refractivity contribution is 6.01. The van der Waals surface area contributed by atoms with Crippen molar-refractivity contribution < 1.29 is 48.6 Å². The lowest BCUT2D eigenvalue weighted by molar-refractivity contribution is -0.277. The summed E-state index contributed by atoms with van der Waals surface area (Å²) < 4.78 is 21.9. The van der Waals surface area contributed by atoms with Gasteiger partial charge < -0.3 is 39.1 Å². The van der Waals surface area contributed by atoms with Crippen molar-refractivity contribution >= 4 is 22.7 Å². The van der Waals surface area contributed by atoms with Gasteiger partial charge >= 0.3 is 5.97 Å². The number of phenols is 1. The Morgan fingerprint density at radius 1 is 0.975 bits per heavy atom. The summed E-state index contributed by atoms with van der Waals surface area (Å²) in [5.41, 5.74) is 1.68. The molecule has 40 heavy (non-hydrogen) atoms. The van der Waals surface area contributed by atoms with Crippen molar-refractivity contribution in [2.75, 3.05) is 6.61 Å². The standard InChI is InChI=1S/C29H27NO10/c31-19-4-1-5-22(24(19)20(32)8-6-16-7-9-21-17(13-16)10-12-37-21)39-29-27(35)26(34)25(33)23(40-29)15-38-28(36)18-3-2-11-30-14-18/h1-5,7,9-14,23,25-27,29,31,33-35H,6,8,15H2/t23-,25-,26+,27-,29-/m1/s1. The first-order valence-corrected chi connectivity index (χ1v) is 12.6. The average Bonchev–Trinajstić information content (AvgIpc) is 3.44. The van der Waals surface area contributed by atoms with Gasteiger partial charge in [0.05, 0.1) is 11.8 Å². The highest BCUT2D eigenvalue weighted by Gasteiger charge is 2.46. The van der Waals surface area contributed by atoms with E-state index in [1.54, 1.807) is 12.3 Å². The van der Waals surface area contributed by atoms with Gasteiger partial charge in [-0.3, -0.25) is 9.78 Å². The van der Waals surface area contributed by atoms with Crippen molar-refractivity contribution in [2.45, 2.75) is 43.5 Å². The Labute approximate surface area is 228 Å². The van der Waals surface area contributed by atoms with E-state index in [-0.39, 0.29) is 29.0 Å². The fourth-order valence-corrected chi connectivity index (χ4v) is 4.45. The predicted molar refractivity (Wildman–Crippen MR) is 139 cm³/mol.